The minimum Gasteiger partial charge on any atom is -0.369 e. The molecule has 0 aromatic carbocycles. The molecule has 0 saturated carbocycles. The minimum absolute atomic E-state index is 0.107. The van der Waals surface area contributed by atoms with Crippen molar-refractivity contribution < 1.29 is 9.13 Å². The van der Waals surface area contributed by atoms with E-state index >= 15 is 0 Å². The summed E-state index contributed by atoms with van der Waals surface area (Å²) >= 11 is 6.10. The van der Waals surface area contributed by atoms with Gasteiger partial charge in [-0.05, 0) is 31.9 Å². The zero-order valence-electron chi connectivity index (χ0n) is 8.54. The highest BCUT2D eigenvalue weighted by molar-refractivity contribution is 6.20. The van der Waals surface area contributed by atoms with Crippen molar-refractivity contribution in [2.45, 2.75) is 30.7 Å². The molecule has 0 spiro atoms. The molecule has 15 heavy (non-hydrogen) atoms. The third kappa shape index (κ3) is 2.29. The number of ether oxygens (including phenoxy) is 1. The van der Waals surface area contributed by atoms with Gasteiger partial charge in [-0.3, -0.25) is 4.98 Å². The van der Waals surface area contributed by atoms with E-state index in [2.05, 4.69) is 4.98 Å². The molecule has 1 aromatic heterocycles. The van der Waals surface area contributed by atoms with Crippen LogP contribution in [0.25, 0.3) is 0 Å². The van der Waals surface area contributed by atoms with E-state index in [1.165, 1.54) is 12.3 Å². The van der Waals surface area contributed by atoms with Crippen LogP contribution >= 0.6 is 11.6 Å². The molecule has 0 N–H and O–H groups in total. The number of hydrogen-bond donors (Lipinski definition) is 0. The first kappa shape index (κ1) is 10.8. The Morgan fingerprint density at radius 3 is 3.00 bits per heavy atom. The molecule has 82 valence electrons. The lowest BCUT2D eigenvalue weighted by Crippen LogP contribution is -2.35. The fourth-order valence-corrected chi connectivity index (χ4v) is 2.25. The Balaban J connectivity index is 2.24. The van der Waals surface area contributed by atoms with E-state index in [0.717, 1.165) is 12.1 Å². The second-order valence-electron chi connectivity index (χ2n) is 4.03. The fraction of sp³-hybridized carbons (Fsp3) is 0.545. The predicted molar refractivity (Wildman–Crippen MR) is 56.4 cm³/mol. The highest BCUT2D eigenvalue weighted by Crippen LogP contribution is 2.35. The minimum atomic E-state index is -0.474. The van der Waals surface area contributed by atoms with Crippen LogP contribution in [0.15, 0.2) is 18.3 Å². The van der Waals surface area contributed by atoms with Gasteiger partial charge in [-0.25, -0.2) is 4.39 Å². The van der Waals surface area contributed by atoms with Gasteiger partial charge in [0.25, 0.3) is 0 Å². The molecule has 2 nitrogen and oxygen atoms in total. The number of rotatable bonds is 1. The van der Waals surface area contributed by atoms with Crippen molar-refractivity contribution in [1.29, 1.82) is 0 Å². The molecule has 1 aliphatic rings. The Bertz CT molecular complexity index is 343. The summed E-state index contributed by atoms with van der Waals surface area (Å²) in [5, 5.41) is 0.107. The van der Waals surface area contributed by atoms with Crippen LogP contribution in [0.2, 0.25) is 0 Å². The first-order valence-corrected chi connectivity index (χ1v) is 5.44. The van der Waals surface area contributed by atoms with E-state index in [4.69, 9.17) is 16.3 Å². The van der Waals surface area contributed by atoms with E-state index in [1.54, 1.807) is 6.07 Å². The lowest BCUT2D eigenvalue weighted by Gasteiger charge is -2.35. The smallest absolute Gasteiger partial charge is 0.141 e. The summed E-state index contributed by atoms with van der Waals surface area (Å²) in [5.74, 6) is -0.333. The largest absolute Gasteiger partial charge is 0.369 e. The molecule has 2 unspecified atom stereocenters. The van der Waals surface area contributed by atoms with E-state index in [1.807, 2.05) is 6.92 Å². The number of nitrogens with zero attached hydrogens (tertiary/aromatic N) is 1. The van der Waals surface area contributed by atoms with Crippen LogP contribution in [0.1, 0.15) is 25.5 Å². The monoisotopic (exact) mass is 229 g/mol. The highest BCUT2D eigenvalue weighted by Gasteiger charge is 2.35. The van der Waals surface area contributed by atoms with Crippen molar-refractivity contribution in [3.05, 3.63) is 29.8 Å². The Hall–Kier alpha value is -0.670. The van der Waals surface area contributed by atoms with Gasteiger partial charge in [0.15, 0.2) is 0 Å². The van der Waals surface area contributed by atoms with Crippen molar-refractivity contribution in [2.24, 2.45) is 0 Å². The lowest BCUT2D eigenvalue weighted by molar-refractivity contribution is -0.0713. The molecule has 1 saturated heterocycles. The van der Waals surface area contributed by atoms with Crippen LogP contribution in [-0.2, 0) is 10.3 Å². The fourth-order valence-electron chi connectivity index (χ4n) is 1.86. The number of alkyl halides is 1. The maximum atomic E-state index is 12.7. The van der Waals surface area contributed by atoms with Gasteiger partial charge in [0.1, 0.15) is 11.4 Å². The van der Waals surface area contributed by atoms with Crippen molar-refractivity contribution in [3.63, 3.8) is 0 Å². The van der Waals surface area contributed by atoms with E-state index < -0.39 is 5.60 Å². The quantitative estimate of drug-likeness (QED) is 0.691. The summed E-state index contributed by atoms with van der Waals surface area (Å²) in [5.41, 5.74) is 0.271. The molecule has 4 heteroatoms. The first-order chi connectivity index (χ1) is 7.10. The average Bonchev–Trinajstić information content (AvgIpc) is 2.18. The second-order valence-corrected chi connectivity index (χ2v) is 4.65. The van der Waals surface area contributed by atoms with Gasteiger partial charge in [0.05, 0.1) is 11.9 Å². The molecule has 0 amide bonds. The van der Waals surface area contributed by atoms with Gasteiger partial charge in [-0.15, -0.1) is 11.6 Å². The summed E-state index contributed by atoms with van der Waals surface area (Å²) in [6.45, 7) is 2.57. The number of aromatic nitrogens is 1. The molecular weight excluding hydrogens is 217 g/mol. The Morgan fingerprint density at radius 2 is 2.40 bits per heavy atom. The van der Waals surface area contributed by atoms with E-state index in [-0.39, 0.29) is 11.2 Å². The molecular formula is C11H13ClFNO. The summed E-state index contributed by atoms with van der Waals surface area (Å²) in [7, 11) is 0. The van der Waals surface area contributed by atoms with Crippen molar-refractivity contribution in [3.8, 4) is 0 Å². The standard InChI is InChI=1S/C11H13ClFNO/c1-11(6-8(12)4-5-15-11)10-3-2-9(13)7-14-10/h2-3,7-8H,4-6H2,1H3. The van der Waals surface area contributed by atoms with Gasteiger partial charge >= 0.3 is 0 Å². The average molecular weight is 230 g/mol. The highest BCUT2D eigenvalue weighted by atomic mass is 35.5. The SMILES string of the molecule is CC1(c2ccc(F)cn2)CC(Cl)CCO1. The van der Waals surface area contributed by atoms with Gasteiger partial charge < -0.3 is 4.74 Å². The summed E-state index contributed by atoms with van der Waals surface area (Å²) < 4.78 is 18.4. The molecule has 2 atom stereocenters. The lowest BCUT2D eigenvalue weighted by atomic mass is 9.92. The molecule has 0 radical (unpaired) electrons. The summed E-state index contributed by atoms with van der Waals surface area (Å²) in [6.07, 6.45) is 2.79. The third-order valence-corrected chi connectivity index (χ3v) is 3.10. The zero-order valence-corrected chi connectivity index (χ0v) is 9.30. The Labute approximate surface area is 93.4 Å². The van der Waals surface area contributed by atoms with E-state index in [0.29, 0.717) is 13.0 Å². The molecule has 1 aliphatic heterocycles. The van der Waals surface area contributed by atoms with Crippen LogP contribution in [0.4, 0.5) is 4.39 Å². The van der Waals surface area contributed by atoms with Crippen LogP contribution in [0.5, 0.6) is 0 Å². The van der Waals surface area contributed by atoms with Crippen LogP contribution in [0.3, 0.4) is 0 Å². The van der Waals surface area contributed by atoms with Crippen molar-refractivity contribution in [1.82, 2.24) is 4.98 Å². The molecule has 0 bridgehead atoms. The Morgan fingerprint density at radius 1 is 1.60 bits per heavy atom. The topological polar surface area (TPSA) is 22.1 Å². The summed E-state index contributed by atoms with van der Waals surface area (Å²) in [6, 6.07) is 3.05. The van der Waals surface area contributed by atoms with Crippen LogP contribution < -0.4 is 0 Å². The van der Waals surface area contributed by atoms with Gasteiger partial charge in [-0.1, -0.05) is 0 Å². The molecule has 2 rings (SSSR count). The zero-order chi connectivity index (χ0) is 10.9. The number of pyridine rings is 1. The molecule has 0 aliphatic carbocycles. The van der Waals surface area contributed by atoms with Crippen LogP contribution in [0, 0.1) is 5.82 Å². The van der Waals surface area contributed by atoms with Gasteiger partial charge in [-0.2, -0.15) is 0 Å². The van der Waals surface area contributed by atoms with Gasteiger partial charge in [0, 0.05) is 12.0 Å². The van der Waals surface area contributed by atoms with Crippen molar-refractivity contribution in [2.75, 3.05) is 6.61 Å². The molecule has 1 fully saturated rings. The molecule has 2 heterocycles. The van der Waals surface area contributed by atoms with Gasteiger partial charge in [0.2, 0.25) is 0 Å². The Kier molecular flexibility index (Phi) is 2.94. The third-order valence-electron chi connectivity index (χ3n) is 2.73. The normalized spacial score (nSPS) is 31.5. The predicted octanol–water partition coefficient (Wildman–Crippen LogP) is 2.85. The van der Waals surface area contributed by atoms with E-state index in [9.17, 15) is 4.39 Å². The van der Waals surface area contributed by atoms with Crippen molar-refractivity contribution >= 4 is 11.6 Å². The number of halogens is 2. The summed E-state index contributed by atoms with van der Waals surface area (Å²) in [4.78, 5) is 4.05. The first-order valence-electron chi connectivity index (χ1n) is 5.00. The second kappa shape index (κ2) is 4.06. The molecule has 1 aromatic rings. The van der Waals surface area contributed by atoms with Crippen LogP contribution in [-0.4, -0.2) is 17.0 Å². The maximum Gasteiger partial charge on any atom is 0.141 e. The maximum absolute atomic E-state index is 12.7. The number of hydrogen-bond acceptors (Lipinski definition) is 2.